The average molecular weight is 354 g/mol. The van der Waals surface area contributed by atoms with E-state index in [0.717, 1.165) is 0 Å². The van der Waals surface area contributed by atoms with E-state index in [-0.39, 0.29) is 17.8 Å². The van der Waals surface area contributed by atoms with Crippen LogP contribution in [0.3, 0.4) is 0 Å². The van der Waals surface area contributed by atoms with Crippen molar-refractivity contribution < 1.29 is 8.42 Å². The van der Waals surface area contributed by atoms with Gasteiger partial charge in [-0.2, -0.15) is 0 Å². The van der Waals surface area contributed by atoms with Gasteiger partial charge in [0.15, 0.2) is 15.8 Å². The molecule has 0 bridgehead atoms. The molecule has 0 saturated heterocycles. The average Bonchev–Trinajstić information content (AvgIpc) is 2.54. The van der Waals surface area contributed by atoms with Crippen LogP contribution in [0.1, 0.15) is 41.0 Å². The Morgan fingerprint density at radius 1 is 1.08 bits per heavy atom. The Labute approximate surface area is 146 Å². The first-order valence-electron chi connectivity index (χ1n) is 8.65. The summed E-state index contributed by atoms with van der Waals surface area (Å²) in [4.78, 5) is 4.80. The van der Waals surface area contributed by atoms with Crippen LogP contribution >= 0.6 is 0 Å². The van der Waals surface area contributed by atoms with Crippen molar-refractivity contribution in [3.05, 3.63) is 30.3 Å². The minimum Gasteiger partial charge on any atom is -0.354 e. The number of guanidine groups is 1. The molecule has 136 valence electrons. The zero-order valence-corrected chi connectivity index (χ0v) is 16.2. The van der Waals surface area contributed by atoms with Gasteiger partial charge in [-0.1, -0.05) is 39.0 Å². The zero-order valence-electron chi connectivity index (χ0n) is 15.4. The summed E-state index contributed by atoms with van der Waals surface area (Å²) in [6, 6.07) is 8.66. The molecule has 0 aliphatic carbocycles. The quantitative estimate of drug-likeness (QED) is 0.557. The molecule has 2 N–H and O–H groups in total. The van der Waals surface area contributed by atoms with Crippen LogP contribution in [0.15, 0.2) is 40.2 Å². The Hall–Kier alpha value is -1.56. The number of aliphatic imine (C=N–C) groups is 1. The van der Waals surface area contributed by atoms with Gasteiger partial charge in [0.05, 0.1) is 10.6 Å². The van der Waals surface area contributed by atoms with Crippen LogP contribution in [-0.4, -0.2) is 38.8 Å². The number of benzene rings is 1. The summed E-state index contributed by atoms with van der Waals surface area (Å²) in [6.45, 7) is 11.0. The van der Waals surface area contributed by atoms with Crippen LogP contribution in [0.5, 0.6) is 0 Å². The van der Waals surface area contributed by atoms with Gasteiger partial charge in [0.25, 0.3) is 0 Å². The fourth-order valence-corrected chi connectivity index (χ4v) is 3.73. The summed E-state index contributed by atoms with van der Waals surface area (Å²) in [6.07, 6.45) is 0.701. The summed E-state index contributed by atoms with van der Waals surface area (Å²) >= 11 is 0. The van der Waals surface area contributed by atoms with Crippen molar-refractivity contribution in [3.8, 4) is 0 Å². The number of nitrogens with zero attached hydrogens (tertiary/aromatic N) is 1. The lowest BCUT2D eigenvalue weighted by Crippen LogP contribution is -2.49. The van der Waals surface area contributed by atoms with Crippen molar-refractivity contribution in [2.24, 2.45) is 10.9 Å². The number of sulfone groups is 1. The van der Waals surface area contributed by atoms with Crippen molar-refractivity contribution >= 4 is 15.8 Å². The topological polar surface area (TPSA) is 70.6 Å². The third-order valence-corrected chi connectivity index (χ3v) is 5.87. The Kier molecular flexibility index (Phi) is 8.25. The maximum absolute atomic E-state index is 12.6. The van der Waals surface area contributed by atoms with E-state index >= 15 is 0 Å². The molecule has 0 aliphatic rings. The lowest BCUT2D eigenvalue weighted by atomic mass is 10.1. The van der Waals surface area contributed by atoms with Crippen LogP contribution in [-0.2, 0) is 9.84 Å². The van der Waals surface area contributed by atoms with E-state index in [1.54, 1.807) is 24.3 Å². The molecule has 2 atom stereocenters. The molecular weight excluding hydrogens is 322 g/mol. The Balaban J connectivity index is 2.83. The van der Waals surface area contributed by atoms with Crippen molar-refractivity contribution in [1.29, 1.82) is 0 Å². The van der Waals surface area contributed by atoms with E-state index < -0.39 is 9.84 Å². The second-order valence-corrected chi connectivity index (χ2v) is 8.38. The SMILES string of the molecule is CCN=C(NC(CC)CS(=O)(=O)c1ccccc1)NC(C)C(C)C. The van der Waals surface area contributed by atoms with Crippen molar-refractivity contribution in [2.45, 2.75) is 58.0 Å². The maximum Gasteiger partial charge on any atom is 0.191 e. The Bertz CT molecular complexity index is 612. The fourth-order valence-electron chi connectivity index (χ4n) is 2.12. The fraction of sp³-hybridized carbons (Fsp3) is 0.611. The van der Waals surface area contributed by atoms with E-state index in [1.165, 1.54) is 0 Å². The predicted molar refractivity (Wildman–Crippen MR) is 101 cm³/mol. The summed E-state index contributed by atoms with van der Waals surface area (Å²) in [5.41, 5.74) is 0. The number of hydrogen-bond acceptors (Lipinski definition) is 3. The van der Waals surface area contributed by atoms with Crippen molar-refractivity contribution in [3.63, 3.8) is 0 Å². The molecule has 0 fully saturated rings. The summed E-state index contributed by atoms with van der Waals surface area (Å²) in [5.74, 6) is 1.18. The molecule has 6 heteroatoms. The monoisotopic (exact) mass is 353 g/mol. The van der Waals surface area contributed by atoms with Crippen molar-refractivity contribution in [2.75, 3.05) is 12.3 Å². The summed E-state index contributed by atoms with van der Waals surface area (Å²) in [5, 5.41) is 6.63. The van der Waals surface area contributed by atoms with Gasteiger partial charge in [0.1, 0.15) is 0 Å². The van der Waals surface area contributed by atoms with E-state index in [1.807, 2.05) is 19.9 Å². The van der Waals surface area contributed by atoms with Crippen LogP contribution in [0.2, 0.25) is 0 Å². The molecule has 2 unspecified atom stereocenters. The third-order valence-electron chi connectivity index (χ3n) is 4.04. The lowest BCUT2D eigenvalue weighted by molar-refractivity contribution is 0.475. The van der Waals surface area contributed by atoms with Gasteiger partial charge in [-0.05, 0) is 38.3 Å². The second kappa shape index (κ2) is 9.67. The highest BCUT2D eigenvalue weighted by Crippen LogP contribution is 2.12. The standard InChI is InChI=1S/C18H31N3O2S/c1-6-16(13-24(22,23)17-11-9-8-10-12-17)21-18(19-7-2)20-15(5)14(3)4/h8-12,14-16H,6-7,13H2,1-5H3,(H2,19,20,21). The smallest absolute Gasteiger partial charge is 0.191 e. The van der Waals surface area contributed by atoms with E-state index in [2.05, 4.69) is 36.4 Å². The molecular formula is C18H31N3O2S. The molecule has 1 aromatic rings. The van der Waals surface area contributed by atoms with Gasteiger partial charge >= 0.3 is 0 Å². The van der Waals surface area contributed by atoms with E-state index in [9.17, 15) is 8.42 Å². The number of nitrogens with one attached hydrogen (secondary N) is 2. The first kappa shape index (κ1) is 20.5. The van der Waals surface area contributed by atoms with Crippen LogP contribution in [0.25, 0.3) is 0 Å². The Morgan fingerprint density at radius 3 is 2.21 bits per heavy atom. The molecule has 24 heavy (non-hydrogen) atoms. The molecule has 0 amide bonds. The van der Waals surface area contributed by atoms with Crippen LogP contribution in [0, 0.1) is 5.92 Å². The second-order valence-electron chi connectivity index (χ2n) is 6.34. The summed E-state index contributed by atoms with van der Waals surface area (Å²) < 4.78 is 25.1. The largest absolute Gasteiger partial charge is 0.354 e. The molecule has 1 rings (SSSR count). The van der Waals surface area contributed by atoms with Crippen molar-refractivity contribution in [1.82, 2.24) is 10.6 Å². The molecule has 0 heterocycles. The highest BCUT2D eigenvalue weighted by atomic mass is 32.2. The summed E-state index contributed by atoms with van der Waals surface area (Å²) in [7, 11) is -3.32. The minimum atomic E-state index is -3.32. The van der Waals surface area contributed by atoms with Gasteiger partial charge in [0, 0.05) is 18.6 Å². The van der Waals surface area contributed by atoms with Crippen LogP contribution < -0.4 is 10.6 Å². The lowest BCUT2D eigenvalue weighted by Gasteiger charge is -2.25. The predicted octanol–water partition coefficient (Wildman–Crippen LogP) is 2.84. The third kappa shape index (κ3) is 6.51. The molecule has 1 aromatic carbocycles. The molecule has 0 spiro atoms. The van der Waals surface area contributed by atoms with Gasteiger partial charge < -0.3 is 10.6 Å². The van der Waals surface area contributed by atoms with Gasteiger partial charge in [0.2, 0.25) is 0 Å². The van der Waals surface area contributed by atoms with Gasteiger partial charge in [-0.3, -0.25) is 4.99 Å². The molecule has 0 saturated carbocycles. The van der Waals surface area contributed by atoms with Gasteiger partial charge in [-0.25, -0.2) is 8.42 Å². The molecule has 0 aliphatic heterocycles. The van der Waals surface area contributed by atoms with E-state index in [4.69, 9.17) is 0 Å². The van der Waals surface area contributed by atoms with Crippen LogP contribution in [0.4, 0.5) is 0 Å². The van der Waals surface area contributed by atoms with E-state index in [0.29, 0.717) is 29.7 Å². The molecule has 5 nitrogen and oxygen atoms in total. The maximum atomic E-state index is 12.6. The zero-order chi connectivity index (χ0) is 18.2. The highest BCUT2D eigenvalue weighted by Gasteiger charge is 2.21. The number of rotatable bonds is 8. The highest BCUT2D eigenvalue weighted by molar-refractivity contribution is 7.91. The first-order valence-corrected chi connectivity index (χ1v) is 10.3. The Morgan fingerprint density at radius 2 is 1.71 bits per heavy atom. The normalized spacial score (nSPS) is 15.2. The number of hydrogen-bond donors (Lipinski definition) is 2. The minimum absolute atomic E-state index is 0.0496. The first-order chi connectivity index (χ1) is 11.3. The molecule has 0 radical (unpaired) electrons. The molecule has 0 aromatic heterocycles. The van der Waals surface area contributed by atoms with Gasteiger partial charge in [-0.15, -0.1) is 0 Å².